The smallest absolute Gasteiger partial charge is 0.191 e. The summed E-state index contributed by atoms with van der Waals surface area (Å²) >= 11 is 0. The molecular weight excluding hydrogens is 377 g/mol. The number of aliphatic imine (C=N–C) groups is 1. The van der Waals surface area contributed by atoms with Gasteiger partial charge in [0, 0.05) is 25.0 Å². The molecule has 0 unspecified atom stereocenters. The fourth-order valence-electron chi connectivity index (χ4n) is 1.95. The van der Waals surface area contributed by atoms with Gasteiger partial charge in [-0.2, -0.15) is 0 Å². The molecule has 0 fully saturated rings. The fourth-order valence-corrected chi connectivity index (χ4v) is 1.95. The molecule has 2 aromatic rings. The van der Waals surface area contributed by atoms with E-state index in [0.29, 0.717) is 13.1 Å². The predicted octanol–water partition coefficient (Wildman–Crippen LogP) is 2.50. The fraction of sp³-hybridized carbons (Fsp3) is 0.333. The third kappa shape index (κ3) is 4.73. The Balaban J connectivity index is 0.00000220. The summed E-state index contributed by atoms with van der Waals surface area (Å²) in [5.74, 6) is 0.779. The lowest BCUT2D eigenvalue weighted by Crippen LogP contribution is -2.37. The minimum absolute atomic E-state index is 0. The van der Waals surface area contributed by atoms with E-state index in [1.165, 1.54) is 5.69 Å². The molecule has 0 atom stereocenters. The van der Waals surface area contributed by atoms with E-state index >= 15 is 0 Å². The standard InChI is InChI=1S/C15H21N5.HI/c1-4-9-17-15(16-5-2)18-10-13-11-20-12(3)7-6-8-14(20)19-13;/h4,6-8,11H,1,5,9-10H2,2-3H3,(H2,16,17,18);1H. The number of aryl methyl sites for hydroxylation is 1. The highest BCUT2D eigenvalue weighted by molar-refractivity contribution is 14.0. The zero-order chi connectivity index (χ0) is 14.4. The quantitative estimate of drug-likeness (QED) is 0.352. The maximum absolute atomic E-state index is 4.57. The highest BCUT2D eigenvalue weighted by Gasteiger charge is 2.03. The van der Waals surface area contributed by atoms with Gasteiger partial charge < -0.3 is 15.0 Å². The molecule has 2 rings (SSSR count). The third-order valence-electron chi connectivity index (χ3n) is 2.90. The Hall–Kier alpha value is -1.57. The van der Waals surface area contributed by atoms with Crippen molar-refractivity contribution >= 4 is 35.6 Å². The van der Waals surface area contributed by atoms with Crippen LogP contribution in [-0.2, 0) is 6.54 Å². The molecule has 5 nitrogen and oxygen atoms in total. The summed E-state index contributed by atoms with van der Waals surface area (Å²) < 4.78 is 2.08. The van der Waals surface area contributed by atoms with Crippen LogP contribution in [0.25, 0.3) is 5.65 Å². The molecular formula is C15H22IN5. The molecule has 6 heteroatoms. The van der Waals surface area contributed by atoms with Gasteiger partial charge >= 0.3 is 0 Å². The Kier molecular flexibility index (Phi) is 7.21. The molecule has 0 bridgehead atoms. The monoisotopic (exact) mass is 399 g/mol. The second-order valence-electron chi connectivity index (χ2n) is 4.49. The summed E-state index contributed by atoms with van der Waals surface area (Å²) in [5, 5.41) is 6.36. The maximum atomic E-state index is 4.57. The van der Waals surface area contributed by atoms with Crippen LogP contribution in [0.3, 0.4) is 0 Å². The molecule has 114 valence electrons. The van der Waals surface area contributed by atoms with Crippen molar-refractivity contribution in [3.05, 3.63) is 48.4 Å². The molecule has 2 N–H and O–H groups in total. The molecule has 0 aliphatic rings. The first-order chi connectivity index (χ1) is 9.74. The van der Waals surface area contributed by atoms with Crippen LogP contribution in [0.5, 0.6) is 0 Å². The van der Waals surface area contributed by atoms with Crippen molar-refractivity contribution in [2.45, 2.75) is 20.4 Å². The molecule has 0 amide bonds. The highest BCUT2D eigenvalue weighted by atomic mass is 127. The van der Waals surface area contributed by atoms with Crippen molar-refractivity contribution in [3.63, 3.8) is 0 Å². The van der Waals surface area contributed by atoms with Crippen molar-refractivity contribution in [1.29, 1.82) is 0 Å². The van der Waals surface area contributed by atoms with Gasteiger partial charge in [0.15, 0.2) is 5.96 Å². The second kappa shape index (κ2) is 8.66. The first-order valence-corrected chi connectivity index (χ1v) is 6.81. The van der Waals surface area contributed by atoms with Crippen molar-refractivity contribution < 1.29 is 0 Å². The molecule has 0 radical (unpaired) electrons. The van der Waals surface area contributed by atoms with Gasteiger partial charge in [0.25, 0.3) is 0 Å². The van der Waals surface area contributed by atoms with E-state index in [1.54, 1.807) is 6.08 Å². The normalized spacial score (nSPS) is 11.0. The minimum Gasteiger partial charge on any atom is -0.357 e. The molecule has 2 aromatic heterocycles. The number of nitrogens with zero attached hydrogens (tertiary/aromatic N) is 3. The highest BCUT2D eigenvalue weighted by Crippen LogP contribution is 2.09. The first-order valence-electron chi connectivity index (χ1n) is 6.81. The van der Waals surface area contributed by atoms with E-state index in [4.69, 9.17) is 0 Å². The van der Waals surface area contributed by atoms with Gasteiger partial charge in [-0.25, -0.2) is 9.98 Å². The Morgan fingerprint density at radius 2 is 2.24 bits per heavy atom. The van der Waals surface area contributed by atoms with Gasteiger partial charge in [-0.3, -0.25) is 0 Å². The zero-order valence-corrected chi connectivity index (χ0v) is 14.8. The molecule has 0 saturated carbocycles. The largest absolute Gasteiger partial charge is 0.357 e. The Morgan fingerprint density at radius 3 is 2.90 bits per heavy atom. The van der Waals surface area contributed by atoms with Gasteiger partial charge in [-0.05, 0) is 26.0 Å². The number of imidazole rings is 1. The number of rotatable bonds is 5. The number of hydrogen-bond acceptors (Lipinski definition) is 2. The van der Waals surface area contributed by atoms with Crippen LogP contribution in [0.2, 0.25) is 0 Å². The van der Waals surface area contributed by atoms with Crippen LogP contribution in [0.4, 0.5) is 0 Å². The number of guanidine groups is 1. The number of halogens is 1. The summed E-state index contributed by atoms with van der Waals surface area (Å²) in [6, 6.07) is 6.08. The van der Waals surface area contributed by atoms with E-state index in [-0.39, 0.29) is 24.0 Å². The summed E-state index contributed by atoms with van der Waals surface area (Å²) in [6.07, 6.45) is 3.84. The van der Waals surface area contributed by atoms with Gasteiger partial charge in [-0.15, -0.1) is 30.6 Å². The Bertz CT molecular complexity index is 618. The minimum atomic E-state index is 0. The molecule has 0 aliphatic heterocycles. The lowest BCUT2D eigenvalue weighted by Gasteiger charge is -2.08. The van der Waals surface area contributed by atoms with Gasteiger partial charge in [0.1, 0.15) is 5.65 Å². The van der Waals surface area contributed by atoms with Crippen molar-refractivity contribution in [2.24, 2.45) is 4.99 Å². The van der Waals surface area contributed by atoms with E-state index in [2.05, 4.69) is 44.6 Å². The number of aromatic nitrogens is 2. The van der Waals surface area contributed by atoms with Gasteiger partial charge in [0.05, 0.1) is 12.2 Å². The Labute approximate surface area is 142 Å². The van der Waals surface area contributed by atoms with Gasteiger partial charge in [-0.1, -0.05) is 12.1 Å². The summed E-state index contributed by atoms with van der Waals surface area (Å²) in [7, 11) is 0. The predicted molar refractivity (Wildman–Crippen MR) is 98.4 cm³/mol. The molecule has 0 spiro atoms. The topological polar surface area (TPSA) is 53.7 Å². The van der Waals surface area contributed by atoms with E-state index in [9.17, 15) is 0 Å². The van der Waals surface area contributed by atoms with Crippen LogP contribution in [-0.4, -0.2) is 28.4 Å². The van der Waals surface area contributed by atoms with E-state index < -0.39 is 0 Å². The van der Waals surface area contributed by atoms with Crippen molar-refractivity contribution in [2.75, 3.05) is 13.1 Å². The molecule has 21 heavy (non-hydrogen) atoms. The molecule has 0 aliphatic carbocycles. The van der Waals surface area contributed by atoms with Crippen LogP contribution in [0.15, 0.2) is 42.0 Å². The molecule has 2 heterocycles. The number of pyridine rings is 1. The second-order valence-corrected chi connectivity index (χ2v) is 4.49. The molecule has 0 aromatic carbocycles. The number of fused-ring (bicyclic) bond motifs is 1. The SMILES string of the molecule is C=CCNC(=NCc1cn2c(C)cccc2n1)NCC.I. The van der Waals surface area contributed by atoms with Crippen molar-refractivity contribution in [3.8, 4) is 0 Å². The molecule has 0 saturated heterocycles. The maximum Gasteiger partial charge on any atom is 0.191 e. The van der Waals surface area contributed by atoms with E-state index in [0.717, 1.165) is 23.8 Å². The first kappa shape index (κ1) is 17.5. The lowest BCUT2D eigenvalue weighted by molar-refractivity contribution is 0.855. The zero-order valence-electron chi connectivity index (χ0n) is 12.5. The average Bonchev–Trinajstić information content (AvgIpc) is 2.86. The van der Waals surface area contributed by atoms with Crippen LogP contribution < -0.4 is 10.6 Å². The number of hydrogen-bond donors (Lipinski definition) is 2. The summed E-state index contributed by atoms with van der Waals surface area (Å²) in [5.41, 5.74) is 3.08. The van der Waals surface area contributed by atoms with Crippen LogP contribution >= 0.6 is 24.0 Å². The van der Waals surface area contributed by atoms with Gasteiger partial charge in [0.2, 0.25) is 0 Å². The average molecular weight is 399 g/mol. The summed E-state index contributed by atoms with van der Waals surface area (Å²) in [4.78, 5) is 9.08. The number of nitrogens with one attached hydrogen (secondary N) is 2. The van der Waals surface area contributed by atoms with Crippen LogP contribution in [0, 0.1) is 6.92 Å². The lowest BCUT2D eigenvalue weighted by atomic mass is 10.4. The van der Waals surface area contributed by atoms with Crippen LogP contribution in [0.1, 0.15) is 18.3 Å². The third-order valence-corrected chi connectivity index (χ3v) is 2.90. The summed E-state index contributed by atoms with van der Waals surface area (Å²) in [6.45, 7) is 9.86. The Morgan fingerprint density at radius 1 is 1.43 bits per heavy atom. The van der Waals surface area contributed by atoms with Crippen molar-refractivity contribution in [1.82, 2.24) is 20.0 Å². The van der Waals surface area contributed by atoms with E-state index in [1.807, 2.05) is 25.3 Å².